The Labute approximate surface area is 177 Å². The predicted octanol–water partition coefficient (Wildman–Crippen LogP) is 3.94. The molecule has 2 aromatic heterocycles. The molecule has 154 valence electrons. The maximum absolute atomic E-state index is 10.6. The van der Waals surface area contributed by atoms with E-state index in [1.807, 2.05) is 49.5 Å². The first-order chi connectivity index (χ1) is 14.6. The van der Waals surface area contributed by atoms with Crippen LogP contribution in [0.2, 0.25) is 0 Å². The molecule has 2 saturated heterocycles. The number of nitrogens with one attached hydrogen (secondary N) is 1. The summed E-state index contributed by atoms with van der Waals surface area (Å²) in [6, 6.07) is 15.3. The zero-order valence-electron chi connectivity index (χ0n) is 17.4. The van der Waals surface area contributed by atoms with Gasteiger partial charge in [-0.1, -0.05) is 12.1 Å². The van der Waals surface area contributed by atoms with Gasteiger partial charge in [-0.2, -0.15) is 0 Å². The van der Waals surface area contributed by atoms with Crippen molar-refractivity contribution in [2.45, 2.75) is 50.7 Å². The summed E-state index contributed by atoms with van der Waals surface area (Å²) in [6.45, 7) is 1.96. The number of nitrogens with zero attached hydrogens (tertiary/aromatic N) is 4. The van der Waals surface area contributed by atoms with Crippen molar-refractivity contribution in [2.24, 2.45) is 0 Å². The van der Waals surface area contributed by atoms with E-state index >= 15 is 0 Å². The van der Waals surface area contributed by atoms with Crippen LogP contribution < -0.4 is 10.2 Å². The van der Waals surface area contributed by atoms with E-state index < -0.39 is 0 Å². The zero-order valence-corrected chi connectivity index (χ0v) is 17.4. The van der Waals surface area contributed by atoms with Crippen LogP contribution in [-0.2, 0) is 0 Å². The van der Waals surface area contributed by atoms with Gasteiger partial charge in [0, 0.05) is 48.2 Å². The number of phenolic OH excluding ortho intramolecular Hbond substituents is 1. The Hall–Kier alpha value is -2.99. The molecule has 2 aliphatic rings. The molecule has 3 atom stereocenters. The van der Waals surface area contributed by atoms with E-state index in [2.05, 4.69) is 32.4 Å². The van der Waals surface area contributed by atoms with E-state index in [0.29, 0.717) is 29.4 Å². The Morgan fingerprint density at radius 3 is 2.37 bits per heavy atom. The van der Waals surface area contributed by atoms with E-state index in [9.17, 15) is 5.11 Å². The van der Waals surface area contributed by atoms with Gasteiger partial charge in [-0.3, -0.25) is 4.98 Å². The lowest BCUT2D eigenvalue weighted by Gasteiger charge is -2.36. The highest BCUT2D eigenvalue weighted by Crippen LogP contribution is 2.34. The van der Waals surface area contributed by atoms with Crippen LogP contribution in [0.5, 0.6) is 5.75 Å². The fourth-order valence-electron chi connectivity index (χ4n) is 4.75. The molecule has 0 aliphatic carbocycles. The van der Waals surface area contributed by atoms with Crippen LogP contribution >= 0.6 is 0 Å². The Morgan fingerprint density at radius 1 is 0.967 bits per heavy atom. The molecule has 6 heteroatoms. The number of phenols is 1. The third-order valence-electron chi connectivity index (χ3n) is 6.53. The van der Waals surface area contributed by atoms with Gasteiger partial charge in [0.05, 0.1) is 5.69 Å². The molecule has 4 heterocycles. The highest BCUT2D eigenvalue weighted by Gasteiger charge is 2.35. The number of anilines is 1. The number of hydrogen-bond acceptors (Lipinski definition) is 6. The number of hydrogen-bond donors (Lipinski definition) is 2. The number of piperidine rings is 1. The molecule has 1 unspecified atom stereocenters. The van der Waals surface area contributed by atoms with Crippen LogP contribution in [0.3, 0.4) is 0 Å². The third-order valence-corrected chi connectivity index (χ3v) is 6.53. The summed E-state index contributed by atoms with van der Waals surface area (Å²) in [7, 11) is 2.11. The average molecular weight is 402 g/mol. The van der Waals surface area contributed by atoms with Crippen molar-refractivity contribution < 1.29 is 5.11 Å². The summed E-state index contributed by atoms with van der Waals surface area (Å²) in [5.74, 6) is 1.07. The minimum absolute atomic E-state index is 0.193. The predicted molar refractivity (Wildman–Crippen MR) is 118 cm³/mol. The van der Waals surface area contributed by atoms with Crippen molar-refractivity contribution >= 4 is 5.82 Å². The number of aromatic hydroxyl groups is 1. The number of benzene rings is 1. The van der Waals surface area contributed by atoms with E-state index in [1.165, 1.54) is 12.8 Å². The van der Waals surface area contributed by atoms with Gasteiger partial charge in [-0.05, 0) is 68.5 Å². The fourth-order valence-corrected chi connectivity index (χ4v) is 4.75. The number of aromatic nitrogens is 3. The van der Waals surface area contributed by atoms with Crippen LogP contribution in [0.4, 0.5) is 5.82 Å². The van der Waals surface area contributed by atoms with Crippen molar-refractivity contribution in [1.29, 1.82) is 0 Å². The molecule has 3 aromatic rings. The van der Waals surface area contributed by atoms with Gasteiger partial charge < -0.3 is 15.3 Å². The summed E-state index contributed by atoms with van der Waals surface area (Å²) >= 11 is 0. The summed E-state index contributed by atoms with van der Waals surface area (Å²) in [5.41, 5.74) is 4.22. The Kier molecular flexibility index (Phi) is 4.87. The van der Waals surface area contributed by atoms with E-state index in [0.717, 1.165) is 35.5 Å². The lowest BCUT2D eigenvalue weighted by atomic mass is 9.98. The third kappa shape index (κ3) is 3.63. The van der Waals surface area contributed by atoms with Gasteiger partial charge >= 0.3 is 0 Å². The van der Waals surface area contributed by atoms with Gasteiger partial charge in [-0.15, -0.1) is 10.2 Å². The first-order valence-electron chi connectivity index (χ1n) is 10.7. The van der Waals surface area contributed by atoms with E-state index in [4.69, 9.17) is 0 Å². The van der Waals surface area contributed by atoms with Crippen LogP contribution in [0.1, 0.15) is 31.4 Å². The highest BCUT2D eigenvalue weighted by atomic mass is 16.3. The Balaban J connectivity index is 1.34. The highest BCUT2D eigenvalue weighted by molar-refractivity contribution is 5.74. The van der Waals surface area contributed by atoms with Crippen molar-refractivity contribution in [2.75, 3.05) is 11.9 Å². The molecule has 2 N–H and O–H groups in total. The lowest BCUT2D eigenvalue weighted by molar-refractivity contribution is 0.353. The van der Waals surface area contributed by atoms with Crippen LogP contribution in [-0.4, -0.2) is 45.5 Å². The van der Waals surface area contributed by atoms with Gasteiger partial charge in [0.15, 0.2) is 5.82 Å². The van der Waals surface area contributed by atoms with E-state index in [1.54, 1.807) is 6.07 Å². The van der Waals surface area contributed by atoms with Gasteiger partial charge in [0.25, 0.3) is 0 Å². The molecule has 5 rings (SSSR count). The SMILES string of the molecule is Cc1ccc(-c2ccc(-c3ccc(N(C)[C@H]4CC5CC[C@H](C4)N5)nn3)c(O)c2)cn1. The average Bonchev–Trinajstić information content (AvgIpc) is 3.11. The normalized spacial score (nSPS) is 22.8. The molecule has 2 bridgehead atoms. The summed E-state index contributed by atoms with van der Waals surface area (Å²) in [4.78, 5) is 6.59. The molecule has 0 spiro atoms. The van der Waals surface area contributed by atoms with Crippen molar-refractivity contribution in [3.63, 3.8) is 0 Å². The molecule has 2 aliphatic heterocycles. The molecule has 0 saturated carbocycles. The standard InChI is InChI=1S/C24H27N5O/c1-15-3-4-17(14-25-15)16-5-8-21(23(30)11-16)22-9-10-24(28-27-22)29(2)20-12-18-6-7-19(13-20)26-18/h3-5,8-11,14,18-20,26,30H,6-7,12-13H2,1-2H3/t18-,19?,20-/m1/s1. The summed E-state index contributed by atoms with van der Waals surface area (Å²) in [5, 5.41) is 23.2. The van der Waals surface area contributed by atoms with Crippen LogP contribution in [0.25, 0.3) is 22.4 Å². The second-order valence-corrected chi connectivity index (χ2v) is 8.57. The maximum atomic E-state index is 10.6. The molecule has 6 nitrogen and oxygen atoms in total. The maximum Gasteiger partial charge on any atom is 0.151 e. The molecule has 2 fully saturated rings. The van der Waals surface area contributed by atoms with E-state index in [-0.39, 0.29) is 5.75 Å². The Bertz CT molecular complexity index is 1020. The second kappa shape index (κ2) is 7.69. The number of aryl methyl sites for hydroxylation is 1. The minimum atomic E-state index is 0.193. The molecule has 30 heavy (non-hydrogen) atoms. The first kappa shape index (κ1) is 19.0. The van der Waals surface area contributed by atoms with Crippen LogP contribution in [0, 0.1) is 6.92 Å². The quantitative estimate of drug-likeness (QED) is 0.690. The summed E-state index contributed by atoms with van der Waals surface area (Å²) < 4.78 is 0. The number of rotatable bonds is 4. The zero-order chi connectivity index (χ0) is 20.7. The molecular weight excluding hydrogens is 374 g/mol. The van der Waals surface area contributed by atoms with Crippen molar-refractivity contribution in [1.82, 2.24) is 20.5 Å². The number of fused-ring (bicyclic) bond motifs is 2. The molecular formula is C24H27N5O. The molecule has 0 amide bonds. The van der Waals surface area contributed by atoms with Crippen molar-refractivity contribution in [3.8, 4) is 28.1 Å². The molecule has 1 aromatic carbocycles. The van der Waals surface area contributed by atoms with Crippen molar-refractivity contribution in [3.05, 3.63) is 54.4 Å². The largest absolute Gasteiger partial charge is 0.507 e. The Morgan fingerprint density at radius 2 is 1.73 bits per heavy atom. The summed E-state index contributed by atoms with van der Waals surface area (Å²) in [6.07, 6.45) is 6.71. The van der Waals surface area contributed by atoms with Crippen LogP contribution in [0.15, 0.2) is 48.7 Å². The topological polar surface area (TPSA) is 74.2 Å². The van der Waals surface area contributed by atoms with Gasteiger partial charge in [0.2, 0.25) is 0 Å². The molecule has 0 radical (unpaired) electrons. The van der Waals surface area contributed by atoms with Gasteiger partial charge in [-0.25, -0.2) is 0 Å². The minimum Gasteiger partial charge on any atom is -0.507 e. The first-order valence-corrected chi connectivity index (χ1v) is 10.7. The fraction of sp³-hybridized carbons (Fsp3) is 0.375. The second-order valence-electron chi connectivity index (χ2n) is 8.57. The smallest absolute Gasteiger partial charge is 0.151 e. The lowest BCUT2D eigenvalue weighted by Crippen LogP contribution is -2.47. The monoisotopic (exact) mass is 401 g/mol. The number of pyridine rings is 1. The van der Waals surface area contributed by atoms with Gasteiger partial charge in [0.1, 0.15) is 5.75 Å².